The molecule has 0 aliphatic rings. The molecular weight excluding hydrogens is 230 g/mol. The second-order valence-corrected chi connectivity index (χ2v) is 4.01. The van der Waals surface area contributed by atoms with Crippen LogP contribution in [-0.2, 0) is 6.42 Å². The van der Waals surface area contributed by atoms with E-state index in [1.807, 2.05) is 12.1 Å². The van der Waals surface area contributed by atoms with Gasteiger partial charge in [0.2, 0.25) is 0 Å². The van der Waals surface area contributed by atoms with E-state index in [-0.39, 0.29) is 6.15 Å². The predicted molar refractivity (Wildman–Crippen MR) is 72.8 cm³/mol. The largest absolute Gasteiger partial charge is 0.493 e. The van der Waals surface area contributed by atoms with Gasteiger partial charge in [-0.1, -0.05) is 13.3 Å². The van der Waals surface area contributed by atoms with Gasteiger partial charge < -0.3 is 20.6 Å². The molecule has 0 unspecified atom stereocenters. The second-order valence-electron chi connectivity index (χ2n) is 4.01. The van der Waals surface area contributed by atoms with Crippen LogP contribution >= 0.6 is 0 Å². The van der Waals surface area contributed by atoms with Gasteiger partial charge in [-0.3, -0.25) is 0 Å². The van der Waals surface area contributed by atoms with Gasteiger partial charge in [0.25, 0.3) is 0 Å². The first kappa shape index (κ1) is 14.3. The van der Waals surface area contributed by atoms with Crippen LogP contribution in [0.25, 0.3) is 11.0 Å². The fourth-order valence-electron chi connectivity index (χ4n) is 1.85. The van der Waals surface area contributed by atoms with Crippen LogP contribution in [0.1, 0.15) is 25.6 Å². The van der Waals surface area contributed by atoms with Crippen molar-refractivity contribution >= 4 is 11.0 Å². The molecule has 0 radical (unpaired) electrons. The molecule has 2 rings (SSSR count). The lowest BCUT2D eigenvalue weighted by atomic mass is 10.2. The smallest absolute Gasteiger partial charge is 0.163 e. The molecule has 0 aliphatic heterocycles. The molecule has 0 fully saturated rings. The molecule has 0 saturated heterocycles. The Hall–Kier alpha value is -1.75. The number of benzene rings is 1. The van der Waals surface area contributed by atoms with E-state index in [0.29, 0.717) is 5.75 Å². The van der Waals surface area contributed by atoms with E-state index in [2.05, 4.69) is 16.9 Å². The van der Waals surface area contributed by atoms with Crippen molar-refractivity contribution in [1.29, 1.82) is 0 Å². The Labute approximate surface area is 107 Å². The first-order chi connectivity index (χ1) is 8.28. The molecule has 1 heterocycles. The number of aryl methyl sites for hydroxylation is 1. The van der Waals surface area contributed by atoms with E-state index in [1.54, 1.807) is 14.2 Å². The number of imidazole rings is 1. The SMILES string of the molecule is CCCCc1nc2cc(OC)c(OC)cc2[nH]1.N. The molecular formula is C13H21N3O2. The molecule has 0 spiro atoms. The summed E-state index contributed by atoms with van der Waals surface area (Å²) in [6.45, 7) is 2.18. The lowest BCUT2D eigenvalue weighted by Crippen LogP contribution is -1.89. The van der Waals surface area contributed by atoms with E-state index in [1.165, 1.54) is 6.42 Å². The van der Waals surface area contributed by atoms with Crippen LogP contribution in [0.4, 0.5) is 0 Å². The summed E-state index contributed by atoms with van der Waals surface area (Å²) in [7, 11) is 3.27. The molecule has 5 heteroatoms. The van der Waals surface area contributed by atoms with Gasteiger partial charge in [0, 0.05) is 18.6 Å². The van der Waals surface area contributed by atoms with Gasteiger partial charge in [0.15, 0.2) is 11.5 Å². The normalized spacial score (nSPS) is 10.2. The Balaban J connectivity index is 0.00000162. The summed E-state index contributed by atoms with van der Waals surface area (Å²) in [4.78, 5) is 7.85. The molecule has 0 aliphatic carbocycles. The molecule has 5 nitrogen and oxygen atoms in total. The van der Waals surface area contributed by atoms with Crippen LogP contribution in [0, 0.1) is 0 Å². The predicted octanol–water partition coefficient (Wildman–Crippen LogP) is 3.08. The first-order valence-corrected chi connectivity index (χ1v) is 5.89. The summed E-state index contributed by atoms with van der Waals surface area (Å²) in [5, 5.41) is 0. The first-order valence-electron chi connectivity index (χ1n) is 5.89. The Morgan fingerprint density at radius 1 is 1.17 bits per heavy atom. The number of methoxy groups -OCH3 is 2. The molecule has 1 aromatic carbocycles. The van der Waals surface area contributed by atoms with Crippen molar-refractivity contribution in [2.75, 3.05) is 14.2 Å². The minimum atomic E-state index is 0. The van der Waals surface area contributed by atoms with Gasteiger partial charge in [0.1, 0.15) is 5.82 Å². The maximum atomic E-state index is 5.26. The van der Waals surface area contributed by atoms with Crippen LogP contribution in [0.2, 0.25) is 0 Å². The number of unbranched alkanes of at least 4 members (excludes halogenated alkanes) is 1. The van der Waals surface area contributed by atoms with Crippen molar-refractivity contribution in [3.05, 3.63) is 18.0 Å². The summed E-state index contributed by atoms with van der Waals surface area (Å²) in [6, 6.07) is 3.83. The highest BCUT2D eigenvalue weighted by Crippen LogP contribution is 2.31. The summed E-state index contributed by atoms with van der Waals surface area (Å²) in [6.07, 6.45) is 3.30. The third-order valence-electron chi connectivity index (χ3n) is 2.80. The molecule has 0 saturated carbocycles. The van der Waals surface area contributed by atoms with Crippen LogP contribution in [-0.4, -0.2) is 24.2 Å². The molecule has 100 valence electrons. The summed E-state index contributed by atoms with van der Waals surface area (Å²) in [5.41, 5.74) is 1.92. The number of hydrogen-bond acceptors (Lipinski definition) is 4. The van der Waals surface area contributed by atoms with Crippen LogP contribution in [0.3, 0.4) is 0 Å². The minimum Gasteiger partial charge on any atom is -0.493 e. The van der Waals surface area contributed by atoms with Crippen molar-refractivity contribution in [3.8, 4) is 11.5 Å². The highest BCUT2D eigenvalue weighted by molar-refractivity contribution is 5.79. The molecule has 0 amide bonds. The maximum absolute atomic E-state index is 5.26. The highest BCUT2D eigenvalue weighted by atomic mass is 16.5. The van der Waals surface area contributed by atoms with Crippen LogP contribution in [0.5, 0.6) is 11.5 Å². The zero-order chi connectivity index (χ0) is 12.3. The van der Waals surface area contributed by atoms with Gasteiger partial charge in [0.05, 0.1) is 25.3 Å². The maximum Gasteiger partial charge on any atom is 0.163 e. The average Bonchev–Trinajstić information content (AvgIpc) is 2.76. The number of ether oxygens (including phenoxy) is 2. The Bertz CT molecular complexity index is 467. The van der Waals surface area contributed by atoms with Crippen molar-refractivity contribution < 1.29 is 9.47 Å². The van der Waals surface area contributed by atoms with E-state index < -0.39 is 0 Å². The summed E-state index contributed by atoms with van der Waals surface area (Å²) < 4.78 is 10.5. The van der Waals surface area contributed by atoms with Gasteiger partial charge >= 0.3 is 0 Å². The van der Waals surface area contributed by atoms with Crippen molar-refractivity contribution in [1.82, 2.24) is 16.1 Å². The Kier molecular flexibility index (Phi) is 4.97. The molecule has 4 N–H and O–H groups in total. The van der Waals surface area contributed by atoms with Gasteiger partial charge in [-0.05, 0) is 6.42 Å². The lowest BCUT2D eigenvalue weighted by Gasteiger charge is -2.06. The third-order valence-corrected chi connectivity index (χ3v) is 2.80. The number of fused-ring (bicyclic) bond motifs is 1. The van der Waals surface area contributed by atoms with Gasteiger partial charge in [-0.25, -0.2) is 4.98 Å². The molecule has 0 bridgehead atoms. The number of nitrogens with zero attached hydrogens (tertiary/aromatic N) is 1. The van der Waals surface area contributed by atoms with Gasteiger partial charge in [-0.15, -0.1) is 0 Å². The van der Waals surface area contributed by atoms with E-state index in [0.717, 1.165) is 35.4 Å². The van der Waals surface area contributed by atoms with Crippen molar-refractivity contribution in [2.24, 2.45) is 0 Å². The summed E-state index contributed by atoms with van der Waals surface area (Å²) in [5.74, 6) is 2.47. The number of rotatable bonds is 5. The number of aromatic amines is 1. The highest BCUT2D eigenvalue weighted by Gasteiger charge is 2.09. The number of aromatic nitrogens is 2. The second kappa shape index (κ2) is 6.26. The standard InChI is InChI=1S/C13H18N2O2.H3N/c1-4-5-6-13-14-9-7-11(16-2)12(17-3)8-10(9)15-13;/h7-8H,4-6H2,1-3H3,(H,14,15);1H3. The number of hydrogen-bond donors (Lipinski definition) is 2. The van der Waals surface area contributed by atoms with Gasteiger partial charge in [-0.2, -0.15) is 0 Å². The fourth-order valence-corrected chi connectivity index (χ4v) is 1.85. The van der Waals surface area contributed by atoms with Crippen molar-refractivity contribution in [3.63, 3.8) is 0 Å². The average molecular weight is 251 g/mol. The number of nitrogens with one attached hydrogen (secondary N) is 1. The van der Waals surface area contributed by atoms with E-state index >= 15 is 0 Å². The zero-order valence-electron chi connectivity index (χ0n) is 11.2. The molecule has 2 aromatic rings. The molecule has 18 heavy (non-hydrogen) atoms. The number of H-pyrrole nitrogens is 1. The molecule has 1 aromatic heterocycles. The lowest BCUT2D eigenvalue weighted by molar-refractivity contribution is 0.356. The Morgan fingerprint density at radius 2 is 1.83 bits per heavy atom. The zero-order valence-corrected chi connectivity index (χ0v) is 11.2. The van der Waals surface area contributed by atoms with Crippen molar-refractivity contribution in [2.45, 2.75) is 26.2 Å². The summed E-state index contributed by atoms with van der Waals surface area (Å²) >= 11 is 0. The monoisotopic (exact) mass is 251 g/mol. The van der Waals surface area contributed by atoms with Crippen LogP contribution in [0.15, 0.2) is 12.1 Å². The van der Waals surface area contributed by atoms with E-state index in [4.69, 9.17) is 9.47 Å². The quantitative estimate of drug-likeness (QED) is 0.855. The third kappa shape index (κ3) is 2.73. The Morgan fingerprint density at radius 3 is 2.44 bits per heavy atom. The van der Waals surface area contributed by atoms with E-state index in [9.17, 15) is 0 Å². The minimum absolute atomic E-state index is 0. The molecule has 0 atom stereocenters. The fraction of sp³-hybridized carbons (Fsp3) is 0.462. The van der Waals surface area contributed by atoms with Crippen LogP contribution < -0.4 is 15.6 Å². The topological polar surface area (TPSA) is 82.1 Å².